The van der Waals surface area contributed by atoms with Gasteiger partial charge in [-0.25, -0.2) is 0 Å². The van der Waals surface area contributed by atoms with Crippen molar-refractivity contribution >= 4 is 17.3 Å². The Labute approximate surface area is 120 Å². The van der Waals surface area contributed by atoms with Crippen LogP contribution in [0.25, 0.3) is 0 Å². The summed E-state index contributed by atoms with van der Waals surface area (Å²) in [5.41, 5.74) is 8.00. The number of anilines is 2. The van der Waals surface area contributed by atoms with Gasteiger partial charge in [-0.15, -0.1) is 0 Å². The van der Waals surface area contributed by atoms with Crippen LogP contribution in [0.5, 0.6) is 0 Å². The Kier molecular flexibility index (Phi) is 3.92. The molecule has 2 aliphatic heterocycles. The van der Waals surface area contributed by atoms with E-state index in [2.05, 4.69) is 23.1 Å². The second-order valence-electron chi connectivity index (χ2n) is 5.85. The lowest BCUT2D eigenvalue weighted by molar-refractivity contribution is -0.117. The maximum Gasteiger partial charge on any atom is 0.227 e. The highest BCUT2D eigenvalue weighted by Crippen LogP contribution is 2.34. The highest BCUT2D eigenvalue weighted by molar-refractivity contribution is 5.98. The van der Waals surface area contributed by atoms with E-state index in [9.17, 15) is 4.79 Å². The highest BCUT2D eigenvalue weighted by atomic mass is 16.2. The lowest BCUT2D eigenvalue weighted by Gasteiger charge is -2.32. The fourth-order valence-electron chi connectivity index (χ4n) is 3.27. The van der Waals surface area contributed by atoms with Crippen molar-refractivity contribution < 1.29 is 4.79 Å². The van der Waals surface area contributed by atoms with E-state index in [1.165, 1.54) is 24.9 Å². The Morgan fingerprint density at radius 3 is 2.45 bits per heavy atom. The van der Waals surface area contributed by atoms with Gasteiger partial charge >= 0.3 is 0 Å². The average molecular weight is 273 g/mol. The quantitative estimate of drug-likeness (QED) is 0.916. The molecule has 4 heteroatoms. The first kappa shape index (κ1) is 13.4. The lowest BCUT2D eigenvalue weighted by Crippen LogP contribution is -2.33. The van der Waals surface area contributed by atoms with Gasteiger partial charge in [-0.1, -0.05) is 12.1 Å². The van der Waals surface area contributed by atoms with Crippen molar-refractivity contribution in [2.45, 2.75) is 25.7 Å². The number of hydrogen-bond donors (Lipinski definition) is 1. The van der Waals surface area contributed by atoms with Crippen LogP contribution in [0.15, 0.2) is 24.3 Å². The fraction of sp³-hybridized carbons (Fsp3) is 0.562. The van der Waals surface area contributed by atoms with E-state index in [0.29, 0.717) is 18.9 Å². The molecule has 3 rings (SSSR count). The average Bonchev–Trinajstić information content (AvgIpc) is 2.89. The van der Waals surface area contributed by atoms with Crippen LogP contribution in [0.2, 0.25) is 0 Å². The van der Waals surface area contributed by atoms with Crippen LogP contribution in [0, 0.1) is 5.92 Å². The smallest absolute Gasteiger partial charge is 0.227 e. The summed E-state index contributed by atoms with van der Waals surface area (Å²) in [4.78, 5) is 16.6. The van der Waals surface area contributed by atoms with E-state index in [-0.39, 0.29) is 5.91 Å². The summed E-state index contributed by atoms with van der Waals surface area (Å²) in [6.45, 7) is 3.55. The number of rotatable bonds is 3. The van der Waals surface area contributed by atoms with Gasteiger partial charge in [0.2, 0.25) is 5.91 Å². The largest absolute Gasteiger partial charge is 0.370 e. The number of carbonyl (C=O) groups excluding carboxylic acids is 1. The molecular formula is C16H23N3O. The van der Waals surface area contributed by atoms with Crippen LogP contribution in [0.1, 0.15) is 25.7 Å². The first-order chi connectivity index (χ1) is 9.79. The molecule has 2 saturated heterocycles. The molecule has 2 fully saturated rings. The van der Waals surface area contributed by atoms with E-state index in [0.717, 1.165) is 25.3 Å². The van der Waals surface area contributed by atoms with Crippen molar-refractivity contribution in [2.75, 3.05) is 36.0 Å². The summed E-state index contributed by atoms with van der Waals surface area (Å²) in [5, 5.41) is 0. The third-order valence-electron chi connectivity index (χ3n) is 4.41. The number of carbonyl (C=O) groups is 1. The Hall–Kier alpha value is -1.55. The third kappa shape index (κ3) is 2.52. The molecule has 0 radical (unpaired) electrons. The molecular weight excluding hydrogens is 250 g/mol. The van der Waals surface area contributed by atoms with Crippen molar-refractivity contribution in [3.05, 3.63) is 24.3 Å². The molecule has 20 heavy (non-hydrogen) atoms. The van der Waals surface area contributed by atoms with Crippen molar-refractivity contribution in [3.63, 3.8) is 0 Å². The SMILES string of the molecule is NCC1CC(=O)N(c2ccccc2N2CCCCC2)C1. The molecule has 2 N–H and O–H groups in total. The summed E-state index contributed by atoms with van der Waals surface area (Å²) in [6.07, 6.45) is 4.39. The zero-order valence-corrected chi connectivity index (χ0v) is 11.9. The van der Waals surface area contributed by atoms with Crippen LogP contribution in [-0.2, 0) is 4.79 Å². The Balaban J connectivity index is 1.87. The molecule has 1 unspecified atom stereocenters. The van der Waals surface area contributed by atoms with Gasteiger partial charge in [0, 0.05) is 26.1 Å². The fourth-order valence-corrected chi connectivity index (χ4v) is 3.27. The molecule has 0 saturated carbocycles. The van der Waals surface area contributed by atoms with Gasteiger partial charge < -0.3 is 15.5 Å². The molecule has 0 aromatic heterocycles. The molecule has 2 heterocycles. The van der Waals surface area contributed by atoms with Crippen LogP contribution >= 0.6 is 0 Å². The van der Waals surface area contributed by atoms with Gasteiger partial charge in [-0.3, -0.25) is 4.79 Å². The molecule has 0 spiro atoms. The molecule has 1 aromatic rings. The predicted molar refractivity (Wildman–Crippen MR) is 82.0 cm³/mol. The lowest BCUT2D eigenvalue weighted by atomic mass is 10.1. The third-order valence-corrected chi connectivity index (χ3v) is 4.41. The second-order valence-corrected chi connectivity index (χ2v) is 5.85. The second kappa shape index (κ2) is 5.83. The standard InChI is InChI=1S/C16H23N3O/c17-11-13-10-16(20)19(12-13)15-7-3-2-6-14(15)18-8-4-1-5-9-18/h2-3,6-7,13H,1,4-5,8-12,17H2. The molecule has 0 bridgehead atoms. The van der Waals surface area contributed by atoms with Crippen LogP contribution in [0.4, 0.5) is 11.4 Å². The van der Waals surface area contributed by atoms with Crippen LogP contribution < -0.4 is 15.5 Å². The van der Waals surface area contributed by atoms with Crippen LogP contribution in [0.3, 0.4) is 0 Å². The van der Waals surface area contributed by atoms with Crippen molar-refractivity contribution in [2.24, 2.45) is 11.7 Å². The topological polar surface area (TPSA) is 49.6 Å². The number of nitrogens with zero attached hydrogens (tertiary/aromatic N) is 2. The number of benzene rings is 1. The van der Waals surface area contributed by atoms with Crippen molar-refractivity contribution in [1.82, 2.24) is 0 Å². The van der Waals surface area contributed by atoms with Crippen molar-refractivity contribution in [1.29, 1.82) is 0 Å². The van der Waals surface area contributed by atoms with E-state index in [4.69, 9.17) is 5.73 Å². The maximum absolute atomic E-state index is 12.2. The van der Waals surface area contributed by atoms with Crippen LogP contribution in [-0.4, -0.2) is 32.1 Å². The predicted octanol–water partition coefficient (Wildman–Crippen LogP) is 1.99. The normalized spacial score (nSPS) is 23.4. The maximum atomic E-state index is 12.2. The van der Waals surface area contributed by atoms with Gasteiger partial charge in [0.25, 0.3) is 0 Å². The number of piperidine rings is 1. The van der Waals surface area contributed by atoms with Gasteiger partial charge in [-0.05, 0) is 43.9 Å². The summed E-state index contributed by atoms with van der Waals surface area (Å²) in [5.74, 6) is 0.516. The van der Waals surface area contributed by atoms with Gasteiger partial charge in [0.1, 0.15) is 0 Å². The summed E-state index contributed by atoms with van der Waals surface area (Å²) in [7, 11) is 0. The zero-order chi connectivity index (χ0) is 13.9. The van der Waals surface area contributed by atoms with Crippen molar-refractivity contribution in [3.8, 4) is 0 Å². The summed E-state index contributed by atoms with van der Waals surface area (Å²) in [6, 6.07) is 8.30. The number of amides is 1. The molecule has 108 valence electrons. The molecule has 1 aromatic carbocycles. The summed E-state index contributed by atoms with van der Waals surface area (Å²) < 4.78 is 0. The highest BCUT2D eigenvalue weighted by Gasteiger charge is 2.31. The summed E-state index contributed by atoms with van der Waals surface area (Å²) >= 11 is 0. The molecule has 2 aliphatic rings. The Bertz CT molecular complexity index is 482. The van der Waals surface area contributed by atoms with Gasteiger partial charge in [-0.2, -0.15) is 0 Å². The van der Waals surface area contributed by atoms with E-state index >= 15 is 0 Å². The number of para-hydroxylation sites is 2. The zero-order valence-electron chi connectivity index (χ0n) is 11.9. The Morgan fingerprint density at radius 2 is 1.80 bits per heavy atom. The number of nitrogens with two attached hydrogens (primary N) is 1. The minimum atomic E-state index is 0.213. The van der Waals surface area contributed by atoms with E-state index in [1.54, 1.807) is 0 Å². The first-order valence-electron chi connectivity index (χ1n) is 7.64. The number of hydrogen-bond acceptors (Lipinski definition) is 3. The van der Waals surface area contributed by atoms with Gasteiger partial charge in [0.15, 0.2) is 0 Å². The Morgan fingerprint density at radius 1 is 1.10 bits per heavy atom. The van der Waals surface area contributed by atoms with E-state index < -0.39 is 0 Å². The molecule has 4 nitrogen and oxygen atoms in total. The van der Waals surface area contributed by atoms with E-state index in [1.807, 2.05) is 11.0 Å². The molecule has 1 amide bonds. The minimum absolute atomic E-state index is 0.213. The monoisotopic (exact) mass is 273 g/mol. The molecule has 1 atom stereocenters. The molecule has 0 aliphatic carbocycles. The minimum Gasteiger partial charge on any atom is -0.370 e. The van der Waals surface area contributed by atoms with Gasteiger partial charge in [0.05, 0.1) is 11.4 Å². The first-order valence-corrected chi connectivity index (χ1v) is 7.64.